The number of carboxylic acids is 1. The van der Waals surface area contributed by atoms with Gasteiger partial charge < -0.3 is 14.7 Å². The SMILES string of the molecule is CCCC[C@@H]1CN(C23CCC(C2)C3)c2cc(SC)c(O/C=C(\F)C(=O)O)cc2S(=O)(=O)N1C. The fraction of sp³-hybridized carbons (Fsp3) is 0.609. The van der Waals surface area contributed by atoms with Crippen LogP contribution in [0.15, 0.2) is 34.0 Å². The lowest BCUT2D eigenvalue weighted by atomic mass is 9.75. The Bertz CT molecular complexity index is 1060. The number of rotatable bonds is 8. The fourth-order valence-corrected chi connectivity index (χ4v) is 7.66. The first-order valence-electron chi connectivity index (χ1n) is 11.4. The van der Waals surface area contributed by atoms with Crippen molar-refractivity contribution in [2.75, 3.05) is 24.7 Å². The van der Waals surface area contributed by atoms with Crippen molar-refractivity contribution in [3.8, 4) is 5.75 Å². The van der Waals surface area contributed by atoms with Crippen molar-refractivity contribution >= 4 is 33.4 Å². The largest absolute Gasteiger partial charge is 0.476 e. The number of fused-ring (bicyclic) bond motifs is 2. The number of ether oxygens (including phenoxy) is 1. The summed E-state index contributed by atoms with van der Waals surface area (Å²) in [6, 6.07) is 3.09. The van der Waals surface area contributed by atoms with Crippen molar-refractivity contribution < 1.29 is 27.4 Å². The van der Waals surface area contributed by atoms with E-state index in [9.17, 15) is 17.6 Å². The molecule has 3 saturated carbocycles. The summed E-state index contributed by atoms with van der Waals surface area (Å²) in [7, 11) is -2.21. The Hall–Kier alpha value is -1.78. The number of benzene rings is 1. The quantitative estimate of drug-likeness (QED) is 0.318. The molecule has 1 aromatic rings. The van der Waals surface area contributed by atoms with E-state index in [0.717, 1.165) is 38.5 Å². The highest BCUT2D eigenvalue weighted by Gasteiger charge is 2.56. The summed E-state index contributed by atoms with van der Waals surface area (Å²) < 4.78 is 47.8. The van der Waals surface area contributed by atoms with Crippen molar-refractivity contribution in [3.05, 3.63) is 24.2 Å². The van der Waals surface area contributed by atoms with Gasteiger partial charge in [0, 0.05) is 31.2 Å². The second-order valence-electron chi connectivity index (χ2n) is 9.32. The van der Waals surface area contributed by atoms with E-state index in [-0.39, 0.29) is 22.2 Å². The molecule has 1 N–H and O–H groups in total. The third-order valence-corrected chi connectivity index (χ3v) is 10.1. The predicted molar refractivity (Wildman–Crippen MR) is 126 cm³/mol. The first kappa shape index (κ1) is 24.3. The van der Waals surface area contributed by atoms with E-state index in [1.165, 1.54) is 28.6 Å². The number of carbonyl (C=O) groups is 1. The van der Waals surface area contributed by atoms with E-state index in [0.29, 0.717) is 29.3 Å². The average molecular weight is 499 g/mol. The number of hydrogen-bond donors (Lipinski definition) is 1. The molecule has 7 nitrogen and oxygen atoms in total. The maximum absolute atomic E-state index is 13.7. The molecule has 0 unspecified atom stereocenters. The van der Waals surface area contributed by atoms with Gasteiger partial charge >= 0.3 is 5.97 Å². The van der Waals surface area contributed by atoms with Gasteiger partial charge in [-0.1, -0.05) is 19.8 Å². The topological polar surface area (TPSA) is 87.1 Å². The summed E-state index contributed by atoms with van der Waals surface area (Å²) >= 11 is 1.35. The van der Waals surface area contributed by atoms with Gasteiger partial charge in [-0.05, 0) is 50.3 Å². The first-order valence-corrected chi connectivity index (χ1v) is 14.0. The highest BCUT2D eigenvalue weighted by Crippen LogP contribution is 2.58. The molecule has 1 heterocycles. The molecule has 3 fully saturated rings. The summed E-state index contributed by atoms with van der Waals surface area (Å²) in [5.41, 5.74) is 0.651. The Morgan fingerprint density at radius 3 is 2.70 bits per heavy atom. The number of halogens is 1. The molecule has 0 saturated heterocycles. The number of likely N-dealkylation sites (N-methyl/N-ethyl adjacent to an activating group) is 1. The van der Waals surface area contributed by atoms with E-state index < -0.39 is 21.8 Å². The zero-order valence-electron chi connectivity index (χ0n) is 19.2. The molecule has 2 bridgehead atoms. The number of anilines is 1. The summed E-state index contributed by atoms with van der Waals surface area (Å²) in [6.45, 7) is 2.74. The lowest BCUT2D eigenvalue weighted by molar-refractivity contribution is -0.134. The highest BCUT2D eigenvalue weighted by atomic mass is 32.2. The summed E-state index contributed by atoms with van der Waals surface area (Å²) in [4.78, 5) is 13.9. The minimum atomic E-state index is -3.84. The molecule has 33 heavy (non-hydrogen) atoms. The average Bonchev–Trinajstić information content (AvgIpc) is 3.36. The number of carboxylic acid groups (broad SMARTS) is 1. The third-order valence-electron chi connectivity index (χ3n) is 7.41. The van der Waals surface area contributed by atoms with Crippen LogP contribution >= 0.6 is 11.8 Å². The highest BCUT2D eigenvalue weighted by molar-refractivity contribution is 7.98. The fourth-order valence-electron chi connectivity index (χ4n) is 5.55. The van der Waals surface area contributed by atoms with E-state index in [4.69, 9.17) is 9.84 Å². The van der Waals surface area contributed by atoms with Crippen LogP contribution in [0, 0.1) is 5.92 Å². The van der Waals surface area contributed by atoms with Gasteiger partial charge in [0.15, 0.2) is 0 Å². The van der Waals surface area contributed by atoms with Crippen LogP contribution in [0.3, 0.4) is 0 Å². The van der Waals surface area contributed by atoms with Crippen molar-refractivity contribution in [1.29, 1.82) is 0 Å². The van der Waals surface area contributed by atoms with Crippen LogP contribution in [0.4, 0.5) is 10.1 Å². The molecule has 0 radical (unpaired) electrons. The standard InChI is InChI=1S/C23H31FN2O5S2/c1-4-5-6-16-13-26(23-8-7-15(11-23)12-23)18-9-20(32-3)19(31-14-17(24)22(27)28)10-21(18)33(29,30)25(16)2/h9-10,14-16H,4-8,11-13H2,1-3H3,(H,27,28)/b17-14-/t15?,16-,23?/m1/s1. The minimum absolute atomic E-state index is 0.0159. The molecule has 5 rings (SSSR count). The molecule has 0 aromatic heterocycles. The van der Waals surface area contributed by atoms with Gasteiger partial charge in [0.25, 0.3) is 0 Å². The van der Waals surface area contributed by atoms with Gasteiger partial charge in [-0.2, -0.15) is 8.70 Å². The molecule has 182 valence electrons. The van der Waals surface area contributed by atoms with Crippen LogP contribution < -0.4 is 9.64 Å². The molecule has 1 atom stereocenters. The normalized spacial score (nSPS) is 28.7. The second-order valence-corrected chi connectivity index (χ2v) is 12.1. The van der Waals surface area contributed by atoms with Crippen LogP contribution in [-0.4, -0.2) is 55.2 Å². The van der Waals surface area contributed by atoms with E-state index in [2.05, 4.69) is 11.8 Å². The Morgan fingerprint density at radius 2 is 2.12 bits per heavy atom. The molecule has 0 spiro atoms. The maximum Gasteiger partial charge on any atom is 0.368 e. The Kier molecular flexibility index (Phi) is 6.72. The van der Waals surface area contributed by atoms with Crippen molar-refractivity contribution in [2.24, 2.45) is 5.92 Å². The Labute approximate surface area is 199 Å². The van der Waals surface area contributed by atoms with Gasteiger partial charge in [-0.15, -0.1) is 11.8 Å². The second kappa shape index (κ2) is 9.11. The molecule has 4 aliphatic rings. The smallest absolute Gasteiger partial charge is 0.368 e. The maximum atomic E-state index is 13.7. The number of thioether (sulfide) groups is 1. The van der Waals surface area contributed by atoms with Gasteiger partial charge in [0.05, 0.1) is 10.6 Å². The third kappa shape index (κ3) is 4.25. The molecule has 0 amide bonds. The zero-order valence-corrected chi connectivity index (χ0v) is 20.8. The van der Waals surface area contributed by atoms with Crippen molar-refractivity contribution in [2.45, 2.75) is 73.2 Å². The minimum Gasteiger partial charge on any atom is -0.476 e. The Morgan fingerprint density at radius 1 is 1.39 bits per heavy atom. The van der Waals surface area contributed by atoms with Crippen LogP contribution in [0.2, 0.25) is 0 Å². The first-order chi connectivity index (χ1) is 15.6. The van der Waals surface area contributed by atoms with Crippen LogP contribution in [-0.2, 0) is 14.8 Å². The number of hydrogen-bond acceptors (Lipinski definition) is 6. The predicted octanol–water partition coefficient (Wildman–Crippen LogP) is 4.62. The van der Waals surface area contributed by atoms with Gasteiger partial charge in [-0.25, -0.2) is 13.2 Å². The number of aliphatic carboxylic acids is 1. The van der Waals surface area contributed by atoms with Crippen LogP contribution in [0.5, 0.6) is 5.75 Å². The number of sulfonamides is 1. The summed E-state index contributed by atoms with van der Waals surface area (Å²) in [5.74, 6) is -2.36. The molecular formula is C23H31FN2O5S2. The van der Waals surface area contributed by atoms with E-state index in [1.54, 1.807) is 7.05 Å². The van der Waals surface area contributed by atoms with Gasteiger partial charge in [0.1, 0.15) is 16.9 Å². The summed E-state index contributed by atoms with van der Waals surface area (Å²) in [5, 5.41) is 8.78. The molecule has 1 aliphatic heterocycles. The lowest BCUT2D eigenvalue weighted by Crippen LogP contribution is -2.55. The van der Waals surface area contributed by atoms with E-state index in [1.807, 2.05) is 12.3 Å². The molecule has 1 aromatic carbocycles. The molecule has 3 aliphatic carbocycles. The van der Waals surface area contributed by atoms with Crippen LogP contribution in [0.25, 0.3) is 0 Å². The monoisotopic (exact) mass is 498 g/mol. The van der Waals surface area contributed by atoms with Crippen molar-refractivity contribution in [1.82, 2.24) is 4.31 Å². The summed E-state index contributed by atoms with van der Waals surface area (Å²) in [6.07, 6.45) is 9.42. The zero-order chi connectivity index (χ0) is 24.0. The number of unbranched alkanes of at least 4 members (excludes halogenated alkanes) is 1. The van der Waals surface area contributed by atoms with Crippen LogP contribution in [0.1, 0.15) is 51.9 Å². The van der Waals surface area contributed by atoms with Crippen molar-refractivity contribution in [3.63, 3.8) is 0 Å². The molecule has 10 heteroatoms. The number of nitrogens with zero attached hydrogens (tertiary/aromatic N) is 2. The molecular weight excluding hydrogens is 467 g/mol. The lowest BCUT2D eigenvalue weighted by Gasteiger charge is -2.50. The van der Waals surface area contributed by atoms with Gasteiger partial charge in [0.2, 0.25) is 15.9 Å². The van der Waals surface area contributed by atoms with E-state index >= 15 is 0 Å². The Balaban J connectivity index is 1.84. The van der Waals surface area contributed by atoms with Gasteiger partial charge in [-0.3, -0.25) is 0 Å².